The van der Waals surface area contributed by atoms with Crippen molar-refractivity contribution in [2.75, 3.05) is 6.54 Å². The molecule has 1 aromatic heterocycles. The molecule has 1 N–H and O–H groups in total. The number of amides is 1. The lowest BCUT2D eigenvalue weighted by Crippen LogP contribution is -2.31. The van der Waals surface area contributed by atoms with Gasteiger partial charge in [0.05, 0.1) is 11.8 Å². The Bertz CT molecular complexity index is 1050. The second kappa shape index (κ2) is 7.80. The number of ketones is 1. The summed E-state index contributed by atoms with van der Waals surface area (Å²) in [4.78, 5) is 27.2. The fourth-order valence-corrected chi connectivity index (χ4v) is 3.61. The van der Waals surface area contributed by atoms with E-state index in [1.54, 1.807) is 24.3 Å². The molecule has 5 nitrogen and oxygen atoms in total. The van der Waals surface area contributed by atoms with E-state index < -0.39 is 17.7 Å². The van der Waals surface area contributed by atoms with Gasteiger partial charge in [0, 0.05) is 12.1 Å². The van der Waals surface area contributed by atoms with Crippen molar-refractivity contribution < 1.29 is 19.1 Å². The minimum atomic E-state index is -0.755. The summed E-state index contributed by atoms with van der Waals surface area (Å²) in [6.07, 6.45) is 2.09. The first-order chi connectivity index (χ1) is 14.1. The number of aliphatic hydroxyl groups excluding tert-OH is 1. The van der Waals surface area contributed by atoms with E-state index in [2.05, 4.69) is 0 Å². The normalized spacial score (nSPS) is 18.4. The number of nitrogens with zero attached hydrogens (tertiary/aromatic N) is 1. The molecule has 1 aliphatic rings. The third kappa shape index (κ3) is 3.59. The maximum atomic E-state index is 12.9. The smallest absolute Gasteiger partial charge is 0.295 e. The molecule has 4 rings (SSSR count). The molecule has 29 heavy (non-hydrogen) atoms. The molecule has 3 aromatic rings. The summed E-state index contributed by atoms with van der Waals surface area (Å²) in [6, 6.07) is 19.6. The van der Waals surface area contributed by atoms with Crippen LogP contribution in [0.2, 0.25) is 0 Å². The summed E-state index contributed by atoms with van der Waals surface area (Å²) in [5.41, 5.74) is 2.65. The van der Waals surface area contributed by atoms with Crippen molar-refractivity contribution in [2.45, 2.75) is 19.4 Å². The Labute approximate surface area is 168 Å². The minimum absolute atomic E-state index is 0.0573. The van der Waals surface area contributed by atoms with Gasteiger partial charge in [0.2, 0.25) is 0 Å². The molecule has 1 fully saturated rings. The van der Waals surface area contributed by atoms with Gasteiger partial charge in [-0.3, -0.25) is 9.59 Å². The fraction of sp³-hybridized carbons (Fsp3) is 0.167. The van der Waals surface area contributed by atoms with Crippen molar-refractivity contribution in [1.29, 1.82) is 0 Å². The van der Waals surface area contributed by atoms with Gasteiger partial charge < -0.3 is 14.4 Å². The van der Waals surface area contributed by atoms with E-state index in [0.717, 1.165) is 11.1 Å². The van der Waals surface area contributed by atoms with Gasteiger partial charge in [0.1, 0.15) is 17.6 Å². The quantitative estimate of drug-likeness (QED) is 0.404. The van der Waals surface area contributed by atoms with Gasteiger partial charge in [-0.2, -0.15) is 0 Å². The van der Waals surface area contributed by atoms with Crippen LogP contribution >= 0.6 is 0 Å². The van der Waals surface area contributed by atoms with Crippen molar-refractivity contribution in [3.8, 4) is 0 Å². The molecule has 0 bridgehead atoms. The SMILES string of the molecule is Cc1ccc(C(O)=C2C(=O)C(=O)N(CCc3ccccc3)C2c2ccco2)cc1. The third-order valence-corrected chi connectivity index (χ3v) is 5.16. The number of hydrogen-bond acceptors (Lipinski definition) is 4. The molecular weight excluding hydrogens is 366 g/mol. The number of likely N-dealkylation sites (tertiary alicyclic amines) is 1. The van der Waals surface area contributed by atoms with Crippen molar-refractivity contribution in [1.82, 2.24) is 4.90 Å². The second-order valence-electron chi connectivity index (χ2n) is 7.11. The van der Waals surface area contributed by atoms with E-state index in [-0.39, 0.29) is 11.3 Å². The topological polar surface area (TPSA) is 70.8 Å². The number of aliphatic hydroxyl groups is 1. The van der Waals surface area contributed by atoms with E-state index in [1.807, 2.05) is 49.4 Å². The maximum Gasteiger partial charge on any atom is 0.295 e. The van der Waals surface area contributed by atoms with Gasteiger partial charge in [-0.1, -0.05) is 60.2 Å². The molecule has 1 atom stereocenters. The van der Waals surface area contributed by atoms with Crippen LogP contribution < -0.4 is 0 Å². The van der Waals surface area contributed by atoms with Crippen molar-refractivity contribution in [2.24, 2.45) is 0 Å². The number of furan rings is 1. The molecular formula is C24H21NO4. The van der Waals surface area contributed by atoms with Crippen LogP contribution in [0, 0.1) is 6.92 Å². The number of carbonyl (C=O) groups is 2. The Morgan fingerprint density at radius 3 is 2.38 bits per heavy atom. The Balaban J connectivity index is 1.74. The molecule has 1 aliphatic heterocycles. The first-order valence-electron chi connectivity index (χ1n) is 9.49. The number of benzene rings is 2. The summed E-state index contributed by atoms with van der Waals surface area (Å²) in [5.74, 6) is -1.06. The van der Waals surface area contributed by atoms with Crippen LogP contribution in [-0.2, 0) is 16.0 Å². The first kappa shape index (κ1) is 18.7. The van der Waals surface area contributed by atoms with Gasteiger partial charge in [-0.25, -0.2) is 0 Å². The highest BCUT2D eigenvalue weighted by molar-refractivity contribution is 6.46. The summed E-state index contributed by atoms with van der Waals surface area (Å²) in [5, 5.41) is 10.9. The zero-order chi connectivity index (χ0) is 20.4. The van der Waals surface area contributed by atoms with Gasteiger partial charge in [0.25, 0.3) is 11.7 Å². The summed E-state index contributed by atoms with van der Waals surface area (Å²) in [6.45, 7) is 2.28. The van der Waals surface area contributed by atoms with Gasteiger partial charge >= 0.3 is 0 Å². The summed E-state index contributed by atoms with van der Waals surface area (Å²) in [7, 11) is 0. The Morgan fingerprint density at radius 1 is 1.00 bits per heavy atom. The number of Topliss-reactive ketones (excluding diaryl/α,β-unsaturated/α-hetero) is 1. The lowest BCUT2D eigenvalue weighted by molar-refractivity contribution is -0.140. The van der Waals surface area contributed by atoms with Gasteiger partial charge in [-0.05, 0) is 31.0 Å². The Kier molecular flexibility index (Phi) is 5.04. The number of aryl methyl sites for hydroxylation is 1. The number of rotatable bonds is 5. The highest BCUT2D eigenvalue weighted by Crippen LogP contribution is 2.39. The Morgan fingerprint density at radius 2 is 1.72 bits per heavy atom. The molecule has 1 unspecified atom stereocenters. The summed E-state index contributed by atoms with van der Waals surface area (Å²) >= 11 is 0. The van der Waals surface area contributed by atoms with Crippen molar-refractivity contribution >= 4 is 17.4 Å². The van der Waals surface area contributed by atoms with Crippen LogP contribution in [0.1, 0.15) is 28.5 Å². The molecule has 146 valence electrons. The molecule has 1 saturated heterocycles. The van der Waals surface area contributed by atoms with E-state index >= 15 is 0 Å². The van der Waals surface area contributed by atoms with E-state index in [9.17, 15) is 14.7 Å². The van der Waals surface area contributed by atoms with E-state index in [4.69, 9.17) is 4.42 Å². The van der Waals surface area contributed by atoms with Crippen LogP contribution in [-0.4, -0.2) is 28.2 Å². The molecule has 2 aromatic carbocycles. The predicted molar refractivity (Wildman–Crippen MR) is 109 cm³/mol. The minimum Gasteiger partial charge on any atom is -0.507 e. The van der Waals surface area contributed by atoms with Crippen LogP contribution in [0.4, 0.5) is 0 Å². The molecule has 2 heterocycles. The maximum absolute atomic E-state index is 12.9. The second-order valence-corrected chi connectivity index (χ2v) is 7.11. The molecule has 0 radical (unpaired) electrons. The van der Waals surface area contributed by atoms with Crippen LogP contribution in [0.5, 0.6) is 0 Å². The van der Waals surface area contributed by atoms with Crippen LogP contribution in [0.15, 0.2) is 83.0 Å². The fourth-order valence-electron chi connectivity index (χ4n) is 3.61. The predicted octanol–water partition coefficient (Wildman–Crippen LogP) is 4.25. The zero-order valence-electron chi connectivity index (χ0n) is 16.0. The monoisotopic (exact) mass is 387 g/mol. The lowest BCUT2D eigenvalue weighted by atomic mass is 9.98. The molecule has 1 amide bonds. The number of hydrogen-bond donors (Lipinski definition) is 1. The zero-order valence-corrected chi connectivity index (χ0v) is 16.0. The van der Waals surface area contributed by atoms with E-state index in [1.165, 1.54) is 11.2 Å². The van der Waals surface area contributed by atoms with Crippen LogP contribution in [0.3, 0.4) is 0 Å². The molecule has 0 spiro atoms. The summed E-state index contributed by atoms with van der Waals surface area (Å²) < 4.78 is 5.54. The van der Waals surface area contributed by atoms with Crippen molar-refractivity contribution in [3.05, 3.63) is 101 Å². The molecule has 0 saturated carbocycles. The third-order valence-electron chi connectivity index (χ3n) is 5.16. The average molecular weight is 387 g/mol. The molecule has 5 heteroatoms. The molecule has 0 aliphatic carbocycles. The standard InChI is InChI=1S/C24H21NO4/c1-16-9-11-18(12-10-16)22(26)20-21(19-8-5-15-29-19)25(24(28)23(20)27)14-13-17-6-3-2-4-7-17/h2-12,15,21,26H,13-14H2,1H3. The highest BCUT2D eigenvalue weighted by Gasteiger charge is 2.47. The largest absolute Gasteiger partial charge is 0.507 e. The van der Waals surface area contributed by atoms with Gasteiger partial charge in [-0.15, -0.1) is 0 Å². The van der Waals surface area contributed by atoms with Crippen LogP contribution in [0.25, 0.3) is 5.76 Å². The van der Waals surface area contributed by atoms with Crippen molar-refractivity contribution in [3.63, 3.8) is 0 Å². The Hall–Kier alpha value is -3.60. The average Bonchev–Trinajstić information content (AvgIpc) is 3.35. The van der Waals surface area contributed by atoms with E-state index in [0.29, 0.717) is 24.3 Å². The highest BCUT2D eigenvalue weighted by atomic mass is 16.3. The lowest BCUT2D eigenvalue weighted by Gasteiger charge is -2.23. The van der Waals surface area contributed by atoms with Gasteiger partial charge in [0.15, 0.2) is 0 Å². The number of carbonyl (C=O) groups excluding carboxylic acids is 2. The first-order valence-corrected chi connectivity index (χ1v) is 9.49.